The predicted octanol–water partition coefficient (Wildman–Crippen LogP) is 3.78. The Hall–Kier alpha value is -0.740. The van der Waals surface area contributed by atoms with Crippen LogP contribution in [-0.4, -0.2) is 26.4 Å². The third kappa shape index (κ3) is 4.50. The van der Waals surface area contributed by atoms with Gasteiger partial charge in [0.15, 0.2) is 0 Å². The minimum absolute atomic E-state index is 0.159. The lowest BCUT2D eigenvalue weighted by Crippen LogP contribution is -2.25. The molecule has 0 bridgehead atoms. The Labute approximate surface area is 118 Å². The van der Waals surface area contributed by atoms with Gasteiger partial charge in [-0.05, 0) is 19.9 Å². The zero-order valence-electron chi connectivity index (χ0n) is 11.5. The van der Waals surface area contributed by atoms with Crippen LogP contribution in [0.2, 0.25) is 0 Å². The number of halogens is 1. The summed E-state index contributed by atoms with van der Waals surface area (Å²) in [7, 11) is 3.37. The number of ether oxygens (including phenoxy) is 3. The van der Waals surface area contributed by atoms with Gasteiger partial charge in [-0.2, -0.15) is 0 Å². The Morgan fingerprint density at radius 1 is 1.22 bits per heavy atom. The van der Waals surface area contributed by atoms with Crippen LogP contribution in [0.25, 0.3) is 0 Å². The third-order valence-electron chi connectivity index (χ3n) is 2.93. The summed E-state index contributed by atoms with van der Waals surface area (Å²) in [6, 6.07) is 5.85. The van der Waals surface area contributed by atoms with Crippen molar-refractivity contribution in [2.24, 2.45) is 0 Å². The van der Waals surface area contributed by atoms with Crippen LogP contribution in [0.5, 0.6) is 11.5 Å². The van der Waals surface area contributed by atoms with Crippen molar-refractivity contribution in [1.29, 1.82) is 0 Å². The molecule has 1 rings (SSSR count). The maximum atomic E-state index is 5.82. The van der Waals surface area contributed by atoms with Crippen LogP contribution in [0, 0.1) is 0 Å². The van der Waals surface area contributed by atoms with Crippen molar-refractivity contribution in [3.05, 3.63) is 23.8 Å². The lowest BCUT2D eigenvalue weighted by atomic mass is 10.1. The van der Waals surface area contributed by atoms with E-state index in [1.807, 2.05) is 32.0 Å². The van der Waals surface area contributed by atoms with Gasteiger partial charge in [0.25, 0.3) is 0 Å². The predicted molar refractivity (Wildman–Crippen MR) is 76.8 cm³/mol. The molecular formula is C14H21BrO3. The molecule has 0 saturated heterocycles. The average molecular weight is 317 g/mol. The van der Waals surface area contributed by atoms with E-state index in [-0.39, 0.29) is 5.60 Å². The topological polar surface area (TPSA) is 27.7 Å². The number of methoxy groups -OCH3 is 2. The van der Waals surface area contributed by atoms with Crippen molar-refractivity contribution in [1.82, 2.24) is 0 Å². The average Bonchev–Trinajstić information content (AvgIpc) is 2.38. The van der Waals surface area contributed by atoms with Gasteiger partial charge in [-0.3, -0.25) is 0 Å². The van der Waals surface area contributed by atoms with Crippen molar-refractivity contribution in [3.8, 4) is 11.5 Å². The highest BCUT2D eigenvalue weighted by molar-refractivity contribution is 9.08. The molecule has 0 fully saturated rings. The van der Waals surface area contributed by atoms with Gasteiger partial charge >= 0.3 is 0 Å². The highest BCUT2D eigenvalue weighted by atomic mass is 79.9. The molecule has 0 unspecified atom stereocenters. The maximum absolute atomic E-state index is 5.82. The molecule has 0 N–H and O–H groups in total. The minimum atomic E-state index is -0.159. The van der Waals surface area contributed by atoms with Gasteiger partial charge < -0.3 is 14.2 Å². The Morgan fingerprint density at radius 2 is 1.94 bits per heavy atom. The zero-order valence-corrected chi connectivity index (χ0v) is 13.0. The summed E-state index contributed by atoms with van der Waals surface area (Å²) in [5.41, 5.74) is 0.957. The van der Waals surface area contributed by atoms with Gasteiger partial charge in [-0.25, -0.2) is 0 Å². The van der Waals surface area contributed by atoms with Crippen LogP contribution < -0.4 is 9.47 Å². The second kappa shape index (κ2) is 7.00. The largest absolute Gasteiger partial charge is 0.497 e. The van der Waals surface area contributed by atoms with Crippen LogP contribution in [0.3, 0.4) is 0 Å². The van der Waals surface area contributed by atoms with E-state index in [0.717, 1.165) is 28.8 Å². The minimum Gasteiger partial charge on any atom is -0.497 e. The van der Waals surface area contributed by atoms with Crippen molar-refractivity contribution in [3.63, 3.8) is 0 Å². The number of rotatable bonds is 7. The molecule has 18 heavy (non-hydrogen) atoms. The SMILES string of the molecule is COc1ccc(CBr)c(OCCC(C)(C)OC)c1. The highest BCUT2D eigenvalue weighted by Gasteiger charge is 2.16. The van der Waals surface area contributed by atoms with Gasteiger partial charge in [0.1, 0.15) is 11.5 Å². The fraction of sp³-hybridized carbons (Fsp3) is 0.571. The molecule has 0 aliphatic heterocycles. The first kappa shape index (κ1) is 15.3. The fourth-order valence-corrected chi connectivity index (χ4v) is 1.88. The number of hydrogen-bond acceptors (Lipinski definition) is 3. The van der Waals surface area contributed by atoms with Gasteiger partial charge in [0.2, 0.25) is 0 Å². The summed E-state index contributed by atoms with van der Waals surface area (Å²) in [4.78, 5) is 0. The fourth-order valence-electron chi connectivity index (χ4n) is 1.42. The molecule has 0 amide bonds. The number of hydrogen-bond donors (Lipinski definition) is 0. The van der Waals surface area contributed by atoms with Gasteiger partial charge in [0, 0.05) is 30.5 Å². The molecule has 0 aromatic heterocycles. The van der Waals surface area contributed by atoms with Crippen molar-refractivity contribution < 1.29 is 14.2 Å². The summed E-state index contributed by atoms with van der Waals surface area (Å²) in [6.07, 6.45) is 0.836. The van der Waals surface area contributed by atoms with E-state index < -0.39 is 0 Å². The molecule has 1 aromatic carbocycles. The van der Waals surface area contributed by atoms with E-state index in [4.69, 9.17) is 14.2 Å². The molecule has 0 atom stereocenters. The molecule has 1 aromatic rings. The molecular weight excluding hydrogens is 296 g/mol. The van der Waals surface area contributed by atoms with E-state index in [1.165, 1.54) is 0 Å². The van der Waals surface area contributed by atoms with E-state index in [2.05, 4.69) is 15.9 Å². The van der Waals surface area contributed by atoms with Crippen molar-refractivity contribution in [2.45, 2.75) is 31.2 Å². The first-order valence-electron chi connectivity index (χ1n) is 5.93. The normalized spacial score (nSPS) is 11.4. The monoisotopic (exact) mass is 316 g/mol. The summed E-state index contributed by atoms with van der Waals surface area (Å²) >= 11 is 3.45. The summed E-state index contributed by atoms with van der Waals surface area (Å²) < 4.78 is 16.4. The van der Waals surface area contributed by atoms with Crippen LogP contribution in [0.1, 0.15) is 25.8 Å². The number of benzene rings is 1. The van der Waals surface area contributed by atoms with Crippen LogP contribution in [0.4, 0.5) is 0 Å². The van der Waals surface area contributed by atoms with Gasteiger partial charge in [0.05, 0.1) is 19.3 Å². The lowest BCUT2D eigenvalue weighted by Gasteiger charge is -2.23. The molecule has 0 aliphatic carbocycles. The Balaban J connectivity index is 2.65. The Morgan fingerprint density at radius 3 is 2.50 bits per heavy atom. The first-order chi connectivity index (χ1) is 8.52. The lowest BCUT2D eigenvalue weighted by molar-refractivity contribution is 0.00538. The van der Waals surface area contributed by atoms with Crippen LogP contribution >= 0.6 is 15.9 Å². The molecule has 4 heteroatoms. The number of alkyl halides is 1. The van der Waals surface area contributed by atoms with Crippen LogP contribution in [0.15, 0.2) is 18.2 Å². The Bertz CT molecular complexity index is 377. The summed E-state index contributed by atoms with van der Waals surface area (Å²) in [5.74, 6) is 1.67. The smallest absolute Gasteiger partial charge is 0.127 e. The molecule has 102 valence electrons. The molecule has 0 radical (unpaired) electrons. The standard InChI is InChI=1S/C14H21BrO3/c1-14(2,17-4)7-8-18-13-9-12(16-3)6-5-11(13)10-15/h5-6,9H,7-8,10H2,1-4H3. The van der Waals surface area contributed by atoms with E-state index in [1.54, 1.807) is 14.2 Å². The maximum Gasteiger partial charge on any atom is 0.127 e. The molecule has 0 saturated carbocycles. The first-order valence-corrected chi connectivity index (χ1v) is 7.05. The summed E-state index contributed by atoms with van der Waals surface area (Å²) in [6.45, 7) is 4.72. The quantitative estimate of drug-likeness (QED) is 0.716. The van der Waals surface area contributed by atoms with Crippen LogP contribution in [-0.2, 0) is 10.1 Å². The van der Waals surface area contributed by atoms with Crippen molar-refractivity contribution >= 4 is 15.9 Å². The van der Waals surface area contributed by atoms with Crippen molar-refractivity contribution in [2.75, 3.05) is 20.8 Å². The van der Waals surface area contributed by atoms with Gasteiger partial charge in [-0.15, -0.1) is 0 Å². The molecule has 0 aliphatic rings. The molecule has 0 heterocycles. The highest BCUT2D eigenvalue weighted by Crippen LogP contribution is 2.27. The third-order valence-corrected chi connectivity index (χ3v) is 3.54. The Kier molecular flexibility index (Phi) is 5.96. The van der Waals surface area contributed by atoms with E-state index in [9.17, 15) is 0 Å². The summed E-state index contributed by atoms with van der Waals surface area (Å²) in [5, 5.41) is 0.764. The zero-order chi connectivity index (χ0) is 13.6. The molecule has 3 nitrogen and oxygen atoms in total. The van der Waals surface area contributed by atoms with E-state index >= 15 is 0 Å². The second-order valence-electron chi connectivity index (χ2n) is 4.67. The molecule has 0 spiro atoms. The van der Waals surface area contributed by atoms with Gasteiger partial charge in [-0.1, -0.05) is 22.0 Å². The van der Waals surface area contributed by atoms with E-state index in [0.29, 0.717) is 6.61 Å². The second-order valence-corrected chi connectivity index (χ2v) is 5.23.